The van der Waals surface area contributed by atoms with Gasteiger partial charge in [-0.05, 0) is 167 Å². The van der Waals surface area contributed by atoms with Gasteiger partial charge in [-0.15, -0.1) is 22.7 Å². The lowest BCUT2D eigenvalue weighted by Gasteiger charge is -2.47. The molecular weight excluding hydrogens is 910 g/mol. The Morgan fingerprint density at radius 2 is 1.03 bits per heavy atom. The topological polar surface area (TPSA) is 9.72 Å². The molecule has 2 aromatic heterocycles. The Bertz CT molecular complexity index is 3810. The minimum atomic E-state index is -0.303. The number of benzene rings is 9. The van der Waals surface area contributed by atoms with Crippen LogP contribution in [0.25, 0.3) is 46.8 Å². The maximum atomic E-state index is 2.67. The van der Waals surface area contributed by atoms with E-state index < -0.39 is 0 Å². The van der Waals surface area contributed by atoms with Crippen LogP contribution >= 0.6 is 22.7 Å². The van der Waals surface area contributed by atoms with Crippen LogP contribution in [0, 0.1) is 20.8 Å². The maximum absolute atomic E-state index is 2.67. The minimum Gasteiger partial charge on any atom is -0.311 e. The highest BCUT2D eigenvalue weighted by atomic mass is 32.1. The summed E-state index contributed by atoms with van der Waals surface area (Å²) in [6.45, 7) is 11.8. The normalized spacial score (nSPS) is 14.2. The summed E-state index contributed by atoms with van der Waals surface area (Å²) in [5.74, 6) is 0. The molecule has 3 nitrogen and oxygen atoms in total. The molecule has 0 fully saturated rings. The molecule has 0 radical (unpaired) electrons. The fourth-order valence-corrected chi connectivity index (χ4v) is 14.4. The van der Waals surface area contributed by atoms with Crippen molar-refractivity contribution < 1.29 is 0 Å². The van der Waals surface area contributed by atoms with Gasteiger partial charge in [0.15, 0.2) is 0 Å². The van der Waals surface area contributed by atoms with Gasteiger partial charge in [0.1, 0.15) is 0 Å². The van der Waals surface area contributed by atoms with E-state index >= 15 is 0 Å². The molecule has 0 N–H and O–H groups in total. The van der Waals surface area contributed by atoms with Gasteiger partial charge in [0, 0.05) is 75.6 Å². The van der Waals surface area contributed by atoms with E-state index in [-0.39, 0.29) is 12.1 Å². The highest BCUT2D eigenvalue weighted by Crippen LogP contribution is 2.57. The van der Waals surface area contributed by atoms with Crippen LogP contribution in [0.1, 0.15) is 41.7 Å². The highest BCUT2D eigenvalue weighted by molar-refractivity contribution is 7.22. The first kappa shape index (κ1) is 42.9. The molecule has 1 aliphatic carbocycles. The van der Waals surface area contributed by atoms with Crippen LogP contribution in [-0.4, -0.2) is 6.71 Å². The molecular formula is C66H50BN3S2. The maximum Gasteiger partial charge on any atom is 0.248 e. The Morgan fingerprint density at radius 3 is 1.64 bits per heavy atom. The molecule has 0 saturated heterocycles. The van der Waals surface area contributed by atoms with E-state index in [1.165, 1.54) is 119 Å². The fourth-order valence-electron chi connectivity index (χ4n) is 12.3. The molecule has 72 heavy (non-hydrogen) atoms. The van der Waals surface area contributed by atoms with Gasteiger partial charge in [-0.25, -0.2) is 0 Å². The van der Waals surface area contributed by atoms with Crippen LogP contribution in [0.4, 0.5) is 45.5 Å². The van der Waals surface area contributed by atoms with Crippen molar-refractivity contribution in [3.63, 3.8) is 0 Å². The van der Waals surface area contributed by atoms with E-state index in [0.29, 0.717) is 0 Å². The smallest absolute Gasteiger partial charge is 0.248 e. The molecule has 0 amide bonds. The van der Waals surface area contributed by atoms with E-state index in [0.717, 1.165) is 17.1 Å². The molecule has 0 spiro atoms. The second kappa shape index (κ2) is 16.3. The lowest BCUT2D eigenvalue weighted by Crippen LogP contribution is -2.57. The average molecular weight is 960 g/mol. The predicted molar refractivity (Wildman–Crippen MR) is 312 cm³/mol. The zero-order chi connectivity index (χ0) is 48.4. The number of rotatable bonds is 7. The molecule has 14 rings (SSSR count). The van der Waals surface area contributed by atoms with Gasteiger partial charge in [-0.3, -0.25) is 0 Å². The Balaban J connectivity index is 1.08. The number of fused-ring (bicyclic) bond motifs is 7. The first-order valence-electron chi connectivity index (χ1n) is 25.0. The summed E-state index contributed by atoms with van der Waals surface area (Å²) in [6.07, 6.45) is 0. The van der Waals surface area contributed by atoms with Gasteiger partial charge < -0.3 is 14.7 Å². The molecule has 344 valence electrons. The van der Waals surface area contributed by atoms with E-state index in [4.69, 9.17) is 0 Å². The second-order valence-electron chi connectivity index (χ2n) is 20.3. The number of allylic oxidation sites excluding steroid dienone is 1. The highest BCUT2D eigenvalue weighted by Gasteiger charge is 2.53. The molecule has 0 atom stereocenters. The summed E-state index contributed by atoms with van der Waals surface area (Å²) in [4.78, 5) is 10.2. The summed E-state index contributed by atoms with van der Waals surface area (Å²) in [6, 6.07) is 79.6. The van der Waals surface area contributed by atoms with Crippen molar-refractivity contribution in [2.24, 2.45) is 0 Å². The van der Waals surface area contributed by atoms with Crippen molar-refractivity contribution in [2.75, 3.05) is 14.7 Å². The molecule has 4 heterocycles. The summed E-state index contributed by atoms with van der Waals surface area (Å²) < 4.78 is 2.60. The van der Waals surface area contributed by atoms with Crippen molar-refractivity contribution in [2.45, 2.75) is 40.0 Å². The molecule has 3 aliphatic rings. The van der Waals surface area contributed by atoms with Crippen molar-refractivity contribution in [1.29, 1.82) is 0 Å². The van der Waals surface area contributed by atoms with Gasteiger partial charge in [-0.2, -0.15) is 0 Å². The number of nitrogens with zero attached hydrogens (tertiary/aromatic N) is 3. The lowest BCUT2D eigenvalue weighted by atomic mass is 9.30. The largest absolute Gasteiger partial charge is 0.311 e. The van der Waals surface area contributed by atoms with Crippen molar-refractivity contribution in [3.05, 3.63) is 246 Å². The fraction of sp³-hybridized carbons (Fsp3) is 0.0909. The van der Waals surface area contributed by atoms with E-state index in [1.807, 2.05) is 22.7 Å². The molecule has 6 heteroatoms. The van der Waals surface area contributed by atoms with Gasteiger partial charge in [-0.1, -0.05) is 141 Å². The number of aryl methyl sites for hydroxylation is 3. The van der Waals surface area contributed by atoms with E-state index in [9.17, 15) is 0 Å². The van der Waals surface area contributed by atoms with Crippen molar-refractivity contribution in [3.8, 4) is 20.9 Å². The standard InChI is InChI=1S/C66H50BN3S2/c1-41-33-56-62-57(34-41)70(63-42(2)19-18-20-43(63)3)55-40-50(68(48-23-8-6-9-24-48)49-25-10-7-11-26-49)31-32-54(55)67(62)65-64(52-27-14-15-28-53(52)66(65,4)5)69(56)51-36-46(60-38-44-21-12-16-29-58(44)71-60)35-47(37-51)61-39-45-22-13-17-30-59(45)72-61/h6-40H,1-5H3. The zero-order valence-electron chi connectivity index (χ0n) is 40.9. The van der Waals surface area contributed by atoms with Crippen LogP contribution in [-0.2, 0) is 5.41 Å². The van der Waals surface area contributed by atoms with E-state index in [1.54, 1.807) is 0 Å². The quantitative estimate of drug-likeness (QED) is 0.147. The molecule has 11 aromatic rings. The average Bonchev–Trinajstić information content (AvgIpc) is 4.11. The SMILES string of the molecule is Cc1cc2c3c(c1)N(c1c(C)cccc1C)c1cc(N(c4ccccc4)c4ccccc4)ccc1B3C1=C(c3ccccc3C1(C)C)N2c1cc(-c2cc3ccccc3s2)cc(-c2cc3ccccc3s2)c1. The Labute approximate surface area is 430 Å². The van der Waals surface area contributed by atoms with E-state index in [2.05, 4.69) is 262 Å². The monoisotopic (exact) mass is 959 g/mol. The van der Waals surface area contributed by atoms with Crippen LogP contribution in [0.3, 0.4) is 0 Å². The van der Waals surface area contributed by atoms with Gasteiger partial charge in [0.2, 0.25) is 6.71 Å². The Hall–Kier alpha value is -7.90. The first-order valence-corrected chi connectivity index (χ1v) is 26.7. The Morgan fingerprint density at radius 1 is 0.472 bits per heavy atom. The molecule has 0 bridgehead atoms. The van der Waals surface area contributed by atoms with Crippen molar-refractivity contribution >= 4 is 112 Å². The first-order chi connectivity index (χ1) is 35.2. The molecule has 9 aromatic carbocycles. The molecule has 0 unspecified atom stereocenters. The summed E-state index contributed by atoms with van der Waals surface area (Å²) in [7, 11) is 0. The van der Waals surface area contributed by atoms with Crippen LogP contribution in [0.15, 0.2) is 218 Å². The summed E-state index contributed by atoms with van der Waals surface area (Å²) in [5.41, 5.74) is 23.4. The van der Waals surface area contributed by atoms with Crippen LogP contribution < -0.4 is 25.6 Å². The summed E-state index contributed by atoms with van der Waals surface area (Å²) >= 11 is 3.76. The summed E-state index contributed by atoms with van der Waals surface area (Å²) in [5, 5.41) is 2.56. The minimum absolute atomic E-state index is 0.0244. The lowest BCUT2D eigenvalue weighted by molar-refractivity contribution is 0.666. The predicted octanol–water partition coefficient (Wildman–Crippen LogP) is 17.6. The number of thiophene rings is 2. The number of hydrogen-bond donors (Lipinski definition) is 0. The third-order valence-corrected chi connectivity index (χ3v) is 17.8. The second-order valence-corrected chi connectivity index (χ2v) is 22.5. The van der Waals surface area contributed by atoms with Gasteiger partial charge in [0.25, 0.3) is 0 Å². The van der Waals surface area contributed by atoms with Crippen LogP contribution in [0.5, 0.6) is 0 Å². The third-order valence-electron chi connectivity index (χ3n) is 15.5. The van der Waals surface area contributed by atoms with Crippen molar-refractivity contribution in [1.82, 2.24) is 0 Å². The molecule has 0 saturated carbocycles. The molecule has 2 aliphatic heterocycles. The zero-order valence-corrected chi connectivity index (χ0v) is 42.6. The van der Waals surface area contributed by atoms with Gasteiger partial charge >= 0.3 is 0 Å². The van der Waals surface area contributed by atoms with Gasteiger partial charge in [0.05, 0.1) is 5.69 Å². The van der Waals surface area contributed by atoms with Crippen LogP contribution in [0.2, 0.25) is 0 Å². The third kappa shape index (κ3) is 6.55. The Kier molecular flexibility index (Phi) is 9.74. The number of anilines is 8. The number of para-hydroxylation sites is 3. The number of hydrogen-bond acceptors (Lipinski definition) is 5.